The van der Waals surface area contributed by atoms with Gasteiger partial charge in [-0.3, -0.25) is 0 Å². The van der Waals surface area contributed by atoms with Gasteiger partial charge in [0, 0.05) is 53.1 Å². The van der Waals surface area contributed by atoms with Crippen molar-refractivity contribution in [3.05, 3.63) is 0 Å². The summed E-state index contributed by atoms with van der Waals surface area (Å²) in [4.78, 5) is 0. The molecule has 22 heteroatoms. The van der Waals surface area contributed by atoms with Crippen LogP contribution in [0.3, 0.4) is 0 Å². The maximum absolute atomic E-state index is 14.0. The van der Waals surface area contributed by atoms with Gasteiger partial charge in [-0.2, -0.15) is 52.7 Å². The molecule has 0 aliphatic rings. The van der Waals surface area contributed by atoms with Crippen LogP contribution in [0.25, 0.3) is 0 Å². The minimum Gasteiger partial charge on any atom is -0.374 e. The van der Waals surface area contributed by atoms with Gasteiger partial charge in [0.05, 0.1) is 0 Å². The molecular formula is C20H34ClF13O6Si2. The fraction of sp³-hybridized carbons (Fsp3) is 1.00. The highest BCUT2D eigenvalue weighted by molar-refractivity contribution is 6.63. The van der Waals surface area contributed by atoms with Gasteiger partial charge in [0.2, 0.25) is 0 Å². The predicted octanol–water partition coefficient (Wildman–Crippen LogP) is 7.24. The average Bonchev–Trinajstić information content (AvgIpc) is 2.88. The first-order chi connectivity index (χ1) is 18.9. The number of hydrogen-bond donors (Lipinski definition) is 0. The Balaban J connectivity index is 0. The number of halogens is 14. The lowest BCUT2D eigenvalue weighted by atomic mass is 9.92. The van der Waals surface area contributed by atoms with Crippen LogP contribution in [0.4, 0.5) is 57.1 Å². The second-order valence-electron chi connectivity index (χ2n) is 8.05. The molecule has 0 rings (SSSR count). The molecule has 0 radical (unpaired) electrons. The molecule has 1 unspecified atom stereocenters. The molecule has 0 amide bonds. The molecule has 0 N–H and O–H groups in total. The number of rotatable bonds is 19. The summed E-state index contributed by atoms with van der Waals surface area (Å²) < 4.78 is 203. The molecule has 0 saturated carbocycles. The Morgan fingerprint density at radius 3 is 1.21 bits per heavy atom. The van der Waals surface area contributed by atoms with Gasteiger partial charge in [0.25, 0.3) is 0 Å². The summed E-state index contributed by atoms with van der Waals surface area (Å²) in [5, 5.41) is 0. The molecule has 0 aromatic heterocycles. The molecule has 0 fully saturated rings. The molecule has 42 heavy (non-hydrogen) atoms. The lowest BCUT2D eigenvalue weighted by Crippen LogP contribution is -2.77. The molecule has 0 aliphatic heterocycles. The molecule has 1 atom stereocenters. The van der Waals surface area contributed by atoms with E-state index in [0.29, 0.717) is 25.7 Å². The van der Waals surface area contributed by atoms with Crippen molar-refractivity contribution in [3.63, 3.8) is 0 Å². The standard InChI is InChI=1S/C11H13F13O3Si.C9H21ClO3Si/c1-5(12)6(13,14)7(15,16)8(17,18)9(19,20)10(21,22)11(23,24)28(25-2,26-3)27-4;1-4-11-14(12-5-2,13-6-3)9-7-8-10/h5H,1-4H3;4-9H2,1-3H3. The maximum Gasteiger partial charge on any atom is 0.581 e. The topological polar surface area (TPSA) is 55.4 Å². The highest BCUT2D eigenvalue weighted by atomic mass is 35.5. The monoisotopic (exact) mass is 708 g/mol. The van der Waals surface area contributed by atoms with Crippen molar-refractivity contribution in [2.24, 2.45) is 0 Å². The van der Waals surface area contributed by atoms with Crippen molar-refractivity contribution < 1.29 is 83.6 Å². The van der Waals surface area contributed by atoms with Crippen LogP contribution in [0.1, 0.15) is 34.1 Å². The molecule has 0 saturated heterocycles. The average molecular weight is 709 g/mol. The normalized spacial score (nSPS) is 15.4. The van der Waals surface area contributed by atoms with Crippen molar-refractivity contribution in [2.45, 2.75) is 81.5 Å². The minimum atomic E-state index is -7.87. The van der Waals surface area contributed by atoms with Crippen molar-refractivity contribution in [3.8, 4) is 0 Å². The van der Waals surface area contributed by atoms with E-state index >= 15 is 0 Å². The quantitative estimate of drug-likeness (QED) is 0.0802. The fourth-order valence-electron chi connectivity index (χ4n) is 3.16. The van der Waals surface area contributed by atoms with E-state index in [4.69, 9.17) is 24.9 Å². The summed E-state index contributed by atoms with van der Waals surface area (Å²) in [6.07, 6.45) is -3.36. The van der Waals surface area contributed by atoms with E-state index in [1.807, 2.05) is 20.8 Å². The molecule has 256 valence electrons. The van der Waals surface area contributed by atoms with E-state index in [-0.39, 0.29) is 21.3 Å². The van der Waals surface area contributed by atoms with Gasteiger partial charge in [-0.25, -0.2) is 4.39 Å². The first-order valence-corrected chi connectivity index (χ1v) is 16.1. The third-order valence-corrected chi connectivity index (χ3v) is 11.5. The van der Waals surface area contributed by atoms with Crippen LogP contribution in [-0.4, -0.2) is 106 Å². The van der Waals surface area contributed by atoms with Gasteiger partial charge in [-0.15, -0.1) is 11.6 Å². The van der Waals surface area contributed by atoms with Crippen LogP contribution in [0.15, 0.2) is 0 Å². The Bertz CT molecular complexity index is 768. The van der Waals surface area contributed by atoms with Crippen LogP contribution >= 0.6 is 11.6 Å². The van der Waals surface area contributed by atoms with Crippen molar-refractivity contribution in [2.75, 3.05) is 47.0 Å². The first-order valence-electron chi connectivity index (χ1n) is 11.9. The van der Waals surface area contributed by atoms with Gasteiger partial charge in [-0.1, -0.05) is 0 Å². The second kappa shape index (κ2) is 16.2. The Labute approximate surface area is 241 Å². The predicted molar refractivity (Wildman–Crippen MR) is 128 cm³/mol. The van der Waals surface area contributed by atoms with Crippen molar-refractivity contribution in [1.82, 2.24) is 0 Å². The van der Waals surface area contributed by atoms with Crippen molar-refractivity contribution >= 4 is 29.2 Å². The van der Waals surface area contributed by atoms with Gasteiger partial charge < -0.3 is 26.6 Å². The Morgan fingerprint density at radius 1 is 0.619 bits per heavy atom. The lowest BCUT2D eigenvalue weighted by molar-refractivity contribution is -0.424. The van der Waals surface area contributed by atoms with E-state index in [2.05, 4.69) is 13.3 Å². The Hall–Kier alpha value is -0.426. The third kappa shape index (κ3) is 8.04. The van der Waals surface area contributed by atoms with E-state index < -0.39 is 65.9 Å². The molecule has 0 bridgehead atoms. The molecule has 0 spiro atoms. The third-order valence-electron chi connectivity index (χ3n) is 5.40. The lowest BCUT2D eigenvalue weighted by Gasteiger charge is -2.43. The van der Waals surface area contributed by atoms with E-state index in [1.54, 1.807) is 0 Å². The SMILES string of the molecule is CCO[Si](CCCCl)(OCC)OCC.CO[Si](OC)(OC)C(F)(F)C(F)(F)C(F)(F)C(F)(F)C(F)(F)C(F)(F)C(C)F. The molecule has 0 aromatic carbocycles. The van der Waals surface area contributed by atoms with Crippen LogP contribution in [0.2, 0.25) is 6.04 Å². The van der Waals surface area contributed by atoms with E-state index in [0.717, 1.165) is 12.5 Å². The van der Waals surface area contributed by atoms with Crippen molar-refractivity contribution in [1.29, 1.82) is 0 Å². The smallest absolute Gasteiger partial charge is 0.374 e. The van der Waals surface area contributed by atoms with Gasteiger partial charge in [0.1, 0.15) is 0 Å². The molecule has 0 aliphatic carbocycles. The van der Waals surface area contributed by atoms with Gasteiger partial charge in [0.15, 0.2) is 6.17 Å². The molecule has 0 heterocycles. The van der Waals surface area contributed by atoms with Crippen LogP contribution in [0, 0.1) is 0 Å². The summed E-state index contributed by atoms with van der Waals surface area (Å²) in [7, 11) is -8.22. The molecule has 6 nitrogen and oxygen atoms in total. The Morgan fingerprint density at radius 2 is 0.952 bits per heavy atom. The molecule has 0 aromatic rings. The van der Waals surface area contributed by atoms with Crippen LogP contribution in [-0.2, 0) is 26.6 Å². The highest BCUT2D eigenvalue weighted by Gasteiger charge is 2.94. The summed E-state index contributed by atoms with van der Waals surface area (Å²) in [6, 6.07) is 0.812. The van der Waals surface area contributed by atoms with Crippen LogP contribution in [0.5, 0.6) is 0 Å². The summed E-state index contributed by atoms with van der Waals surface area (Å²) in [5.41, 5.74) is -6.53. The summed E-state index contributed by atoms with van der Waals surface area (Å²) in [6.45, 7) is 7.31. The first kappa shape index (κ1) is 43.7. The Kier molecular flexibility index (Phi) is 16.9. The van der Waals surface area contributed by atoms with E-state index in [1.165, 1.54) is 0 Å². The van der Waals surface area contributed by atoms with E-state index in [9.17, 15) is 57.1 Å². The largest absolute Gasteiger partial charge is 0.581 e. The number of hydrogen-bond acceptors (Lipinski definition) is 6. The molecular weight excluding hydrogens is 675 g/mol. The zero-order valence-electron chi connectivity index (χ0n) is 23.6. The highest BCUT2D eigenvalue weighted by Crippen LogP contribution is 2.61. The van der Waals surface area contributed by atoms with Crippen LogP contribution < -0.4 is 0 Å². The zero-order chi connectivity index (χ0) is 34.1. The fourth-order valence-corrected chi connectivity index (χ4v) is 7.94. The van der Waals surface area contributed by atoms with Gasteiger partial charge >= 0.3 is 52.8 Å². The zero-order valence-corrected chi connectivity index (χ0v) is 26.3. The second-order valence-corrected chi connectivity index (χ2v) is 14.1. The maximum atomic E-state index is 14.0. The summed E-state index contributed by atoms with van der Waals surface area (Å²) in [5.74, 6) is -36.7. The summed E-state index contributed by atoms with van der Waals surface area (Å²) >= 11 is 5.66. The van der Waals surface area contributed by atoms with Gasteiger partial charge in [-0.05, 0) is 34.1 Å². The minimum absolute atomic E-state index is 0.160. The number of alkyl halides is 14.